The molecule has 0 amide bonds. The van der Waals surface area contributed by atoms with Gasteiger partial charge < -0.3 is 29.9 Å². The van der Waals surface area contributed by atoms with E-state index in [4.69, 9.17) is 21.1 Å². The van der Waals surface area contributed by atoms with E-state index in [-0.39, 0.29) is 0 Å². The van der Waals surface area contributed by atoms with E-state index in [1.807, 2.05) is 19.1 Å². The zero-order valence-electron chi connectivity index (χ0n) is 18.6. The Kier molecular flexibility index (Phi) is 9.08. The van der Waals surface area contributed by atoms with Crippen molar-refractivity contribution in [3.63, 3.8) is 0 Å². The molecule has 0 radical (unpaired) electrons. The first-order chi connectivity index (χ1) is 15.4. The Morgan fingerprint density at radius 3 is 2.25 bits per heavy atom. The smallest absolute Gasteiger partial charge is 0.113 e. The van der Waals surface area contributed by atoms with Crippen molar-refractivity contribution in [3.05, 3.63) is 69.2 Å². The number of halogens is 1. The van der Waals surface area contributed by atoms with Gasteiger partial charge in [-0.3, -0.25) is 0 Å². The maximum atomic E-state index is 10.7. The van der Waals surface area contributed by atoms with Crippen molar-refractivity contribution in [1.82, 2.24) is 0 Å². The number of aliphatic hydroxyl groups is 4. The summed E-state index contributed by atoms with van der Waals surface area (Å²) in [5.41, 5.74) is 4.73. The fourth-order valence-electron chi connectivity index (χ4n) is 4.09. The molecule has 32 heavy (non-hydrogen) atoms. The zero-order valence-corrected chi connectivity index (χ0v) is 19.3. The maximum absolute atomic E-state index is 10.7. The van der Waals surface area contributed by atoms with Crippen LogP contribution < -0.4 is 0 Å². The van der Waals surface area contributed by atoms with Gasteiger partial charge in [-0.15, -0.1) is 0 Å². The topological polar surface area (TPSA) is 99.4 Å². The summed E-state index contributed by atoms with van der Waals surface area (Å²) in [5, 5.41) is 41.4. The molecule has 0 aromatic heterocycles. The second-order valence-corrected chi connectivity index (χ2v) is 8.59. The molecule has 0 aliphatic carbocycles. The summed E-state index contributed by atoms with van der Waals surface area (Å²) in [5.74, 6) is 0. The minimum absolute atomic E-state index is 0.467. The van der Waals surface area contributed by atoms with Gasteiger partial charge in [0.2, 0.25) is 0 Å². The predicted octanol–water partition coefficient (Wildman–Crippen LogP) is 2.59. The van der Waals surface area contributed by atoms with Gasteiger partial charge in [0.1, 0.15) is 30.5 Å². The van der Waals surface area contributed by atoms with Gasteiger partial charge in [-0.25, -0.2) is 0 Å². The third-order valence-electron chi connectivity index (χ3n) is 6.05. The maximum Gasteiger partial charge on any atom is 0.113 e. The molecule has 0 bridgehead atoms. The average Bonchev–Trinajstić information content (AvgIpc) is 2.80. The standard InChI is InChI=1S/C25H33ClO6/c1-3-15-5-7-16(8-6-15)11-18-12-19(17(13-20(18)26)9-10-31-4-2)25-24(30)23(29)22(28)21(14-27)32-25/h5-8,12-13,21-25,27-30H,3-4,9-11,14H2,1-2H3/t21-,22-,23+,24-,25+/m1/s1. The summed E-state index contributed by atoms with van der Waals surface area (Å²) in [6.45, 7) is 4.60. The number of aliphatic hydroxyl groups excluding tert-OH is 4. The van der Waals surface area contributed by atoms with Gasteiger partial charge in [0, 0.05) is 11.6 Å². The Labute approximate surface area is 194 Å². The van der Waals surface area contributed by atoms with E-state index in [1.165, 1.54) is 5.56 Å². The van der Waals surface area contributed by atoms with Crippen molar-refractivity contribution < 1.29 is 29.9 Å². The number of ether oxygens (including phenoxy) is 2. The number of aryl methyl sites for hydroxylation is 1. The summed E-state index contributed by atoms with van der Waals surface area (Å²) >= 11 is 6.63. The van der Waals surface area contributed by atoms with Crippen LogP contribution >= 0.6 is 11.6 Å². The SMILES string of the molecule is CCOCCc1cc(Cl)c(Cc2ccc(CC)cc2)cc1[C@@H]1O[C@H](CO)[C@@H](O)[C@H](O)[C@H]1O. The van der Waals surface area contributed by atoms with Crippen LogP contribution in [0.15, 0.2) is 36.4 Å². The van der Waals surface area contributed by atoms with Crippen molar-refractivity contribution in [2.75, 3.05) is 19.8 Å². The molecule has 1 aliphatic rings. The number of hydrogen-bond donors (Lipinski definition) is 4. The summed E-state index contributed by atoms with van der Waals surface area (Å²) in [7, 11) is 0. The third-order valence-corrected chi connectivity index (χ3v) is 6.40. The normalized spacial score (nSPS) is 25.8. The largest absolute Gasteiger partial charge is 0.394 e. The minimum Gasteiger partial charge on any atom is -0.394 e. The molecule has 2 aromatic rings. The van der Waals surface area contributed by atoms with Crippen LogP contribution in [-0.2, 0) is 28.7 Å². The molecule has 0 saturated carbocycles. The summed E-state index contributed by atoms with van der Waals surface area (Å²) in [6.07, 6.45) is -3.97. The molecule has 1 heterocycles. The fraction of sp³-hybridized carbons (Fsp3) is 0.520. The Morgan fingerprint density at radius 2 is 1.62 bits per heavy atom. The van der Waals surface area contributed by atoms with E-state index in [9.17, 15) is 20.4 Å². The molecule has 1 aliphatic heterocycles. The van der Waals surface area contributed by atoms with Gasteiger partial charge in [0.05, 0.1) is 13.2 Å². The van der Waals surface area contributed by atoms with Crippen LogP contribution in [0.25, 0.3) is 0 Å². The Morgan fingerprint density at radius 1 is 0.938 bits per heavy atom. The first-order valence-electron chi connectivity index (χ1n) is 11.2. The van der Waals surface area contributed by atoms with Crippen molar-refractivity contribution >= 4 is 11.6 Å². The van der Waals surface area contributed by atoms with Crippen LogP contribution in [0.1, 0.15) is 47.8 Å². The van der Waals surface area contributed by atoms with E-state index in [1.54, 1.807) is 0 Å². The number of benzene rings is 2. The zero-order chi connectivity index (χ0) is 23.3. The molecule has 7 heteroatoms. The van der Waals surface area contributed by atoms with Gasteiger partial charge >= 0.3 is 0 Å². The quantitative estimate of drug-likeness (QED) is 0.426. The van der Waals surface area contributed by atoms with Crippen LogP contribution in [0.4, 0.5) is 0 Å². The molecule has 0 unspecified atom stereocenters. The summed E-state index contributed by atoms with van der Waals surface area (Å²) in [6, 6.07) is 12.1. The van der Waals surface area contributed by atoms with Gasteiger partial charge in [0.25, 0.3) is 0 Å². The van der Waals surface area contributed by atoms with Gasteiger partial charge in [-0.05, 0) is 60.1 Å². The highest BCUT2D eigenvalue weighted by Gasteiger charge is 2.44. The second kappa shape index (κ2) is 11.6. The average molecular weight is 465 g/mol. The minimum atomic E-state index is -1.44. The first-order valence-corrected chi connectivity index (χ1v) is 11.5. The van der Waals surface area contributed by atoms with E-state index in [0.717, 1.165) is 23.1 Å². The number of hydrogen-bond acceptors (Lipinski definition) is 6. The molecular weight excluding hydrogens is 432 g/mol. The molecule has 6 nitrogen and oxygen atoms in total. The first kappa shape index (κ1) is 25.1. The van der Waals surface area contributed by atoms with Crippen LogP contribution in [0.2, 0.25) is 5.02 Å². The Bertz CT molecular complexity index is 869. The molecule has 4 N–H and O–H groups in total. The lowest BCUT2D eigenvalue weighted by Gasteiger charge is -2.41. The molecule has 176 valence electrons. The highest BCUT2D eigenvalue weighted by Crippen LogP contribution is 2.37. The summed E-state index contributed by atoms with van der Waals surface area (Å²) < 4.78 is 11.3. The fourth-order valence-corrected chi connectivity index (χ4v) is 4.35. The van der Waals surface area contributed by atoms with E-state index >= 15 is 0 Å². The third kappa shape index (κ3) is 5.69. The van der Waals surface area contributed by atoms with Crippen molar-refractivity contribution in [3.8, 4) is 0 Å². The molecule has 3 rings (SSSR count). The number of rotatable bonds is 9. The molecule has 5 atom stereocenters. The van der Waals surface area contributed by atoms with Crippen LogP contribution in [0.5, 0.6) is 0 Å². The van der Waals surface area contributed by atoms with Crippen molar-refractivity contribution in [2.24, 2.45) is 0 Å². The Balaban J connectivity index is 1.97. The lowest BCUT2D eigenvalue weighted by molar-refractivity contribution is -0.231. The van der Waals surface area contributed by atoms with Crippen molar-refractivity contribution in [2.45, 2.75) is 63.6 Å². The highest BCUT2D eigenvalue weighted by molar-refractivity contribution is 6.31. The molecule has 1 fully saturated rings. The molecule has 1 saturated heterocycles. The van der Waals surface area contributed by atoms with Gasteiger partial charge in [-0.1, -0.05) is 48.9 Å². The van der Waals surface area contributed by atoms with E-state index in [0.29, 0.717) is 36.6 Å². The van der Waals surface area contributed by atoms with Crippen LogP contribution in [-0.4, -0.2) is 64.7 Å². The van der Waals surface area contributed by atoms with Gasteiger partial charge in [-0.2, -0.15) is 0 Å². The molecule has 0 spiro atoms. The lowest BCUT2D eigenvalue weighted by Crippen LogP contribution is -2.55. The van der Waals surface area contributed by atoms with Crippen molar-refractivity contribution in [1.29, 1.82) is 0 Å². The van der Waals surface area contributed by atoms with Crippen LogP contribution in [0, 0.1) is 0 Å². The van der Waals surface area contributed by atoms with Crippen LogP contribution in [0.3, 0.4) is 0 Å². The van der Waals surface area contributed by atoms with E-state index in [2.05, 4.69) is 31.2 Å². The lowest BCUT2D eigenvalue weighted by atomic mass is 9.87. The second-order valence-electron chi connectivity index (χ2n) is 8.19. The van der Waals surface area contributed by atoms with Gasteiger partial charge in [0.15, 0.2) is 0 Å². The predicted molar refractivity (Wildman–Crippen MR) is 123 cm³/mol. The Hall–Kier alpha value is -1.51. The summed E-state index contributed by atoms with van der Waals surface area (Å²) in [4.78, 5) is 0. The molecular formula is C25H33ClO6. The monoisotopic (exact) mass is 464 g/mol. The highest BCUT2D eigenvalue weighted by atomic mass is 35.5. The molecule has 2 aromatic carbocycles. The van der Waals surface area contributed by atoms with E-state index < -0.39 is 37.1 Å².